The fourth-order valence-electron chi connectivity index (χ4n) is 3.32. The minimum absolute atomic E-state index is 0.155. The summed E-state index contributed by atoms with van der Waals surface area (Å²) in [5, 5.41) is 2.92. The maximum Gasteiger partial charge on any atom is 0.268 e. The average molecular weight is 392 g/mol. The Bertz CT molecular complexity index is 1140. The third-order valence-electron chi connectivity index (χ3n) is 4.75. The Hall–Kier alpha value is -2.92. The highest BCUT2D eigenvalue weighted by atomic mass is 32.1. The van der Waals surface area contributed by atoms with Gasteiger partial charge in [-0.3, -0.25) is 4.79 Å². The molecule has 28 heavy (non-hydrogen) atoms. The first-order valence-corrected chi connectivity index (χ1v) is 9.99. The molecule has 0 aliphatic heterocycles. The van der Waals surface area contributed by atoms with Crippen LogP contribution in [0.2, 0.25) is 0 Å². The van der Waals surface area contributed by atoms with Gasteiger partial charge in [0.2, 0.25) is 0 Å². The van der Waals surface area contributed by atoms with Crippen LogP contribution < -0.4 is 5.32 Å². The first-order valence-electron chi connectivity index (χ1n) is 9.17. The van der Waals surface area contributed by atoms with E-state index in [0.29, 0.717) is 18.8 Å². The highest BCUT2D eigenvalue weighted by molar-refractivity contribution is 7.19. The molecule has 0 atom stereocenters. The average Bonchev–Trinajstić information content (AvgIpc) is 3.19. The quantitative estimate of drug-likeness (QED) is 0.482. The van der Waals surface area contributed by atoms with Crippen molar-refractivity contribution in [3.05, 3.63) is 93.7 Å². The number of carbonyl (C=O) groups is 1. The number of halogens is 1. The SMILES string of the molecule is Cc1ccc(Cn2c(C(=O)NCc3cccc(F)c3)cc3sc(C)cc32)cc1. The summed E-state index contributed by atoms with van der Waals surface area (Å²) in [6, 6.07) is 18.7. The second-order valence-electron chi connectivity index (χ2n) is 7.02. The number of nitrogens with one attached hydrogen (secondary N) is 1. The molecule has 0 fully saturated rings. The van der Waals surface area contributed by atoms with Crippen LogP contribution >= 0.6 is 11.3 Å². The zero-order chi connectivity index (χ0) is 19.7. The second-order valence-corrected chi connectivity index (χ2v) is 8.31. The maximum absolute atomic E-state index is 13.4. The number of aromatic nitrogens is 1. The van der Waals surface area contributed by atoms with Crippen LogP contribution in [0.1, 0.15) is 32.1 Å². The number of thiophene rings is 1. The number of hydrogen-bond donors (Lipinski definition) is 1. The predicted octanol–water partition coefficient (Wildman–Crippen LogP) is 5.44. The van der Waals surface area contributed by atoms with Gasteiger partial charge in [-0.1, -0.05) is 42.0 Å². The van der Waals surface area contributed by atoms with E-state index in [0.717, 1.165) is 21.3 Å². The molecule has 0 saturated heterocycles. The van der Waals surface area contributed by atoms with Gasteiger partial charge in [0.25, 0.3) is 5.91 Å². The molecule has 0 aliphatic rings. The van der Waals surface area contributed by atoms with E-state index in [2.05, 4.69) is 54.1 Å². The van der Waals surface area contributed by atoms with E-state index in [1.54, 1.807) is 23.5 Å². The monoisotopic (exact) mass is 392 g/mol. The molecule has 2 aromatic heterocycles. The lowest BCUT2D eigenvalue weighted by atomic mass is 10.1. The fraction of sp³-hybridized carbons (Fsp3) is 0.174. The van der Waals surface area contributed by atoms with Crippen LogP contribution in [0, 0.1) is 19.7 Å². The van der Waals surface area contributed by atoms with Crippen molar-refractivity contribution in [1.29, 1.82) is 0 Å². The van der Waals surface area contributed by atoms with Crippen LogP contribution in [0.25, 0.3) is 10.2 Å². The molecular formula is C23H21FN2OS. The van der Waals surface area contributed by atoms with Crippen molar-refractivity contribution in [3.63, 3.8) is 0 Å². The van der Waals surface area contributed by atoms with Crippen molar-refractivity contribution in [2.45, 2.75) is 26.9 Å². The molecule has 1 N–H and O–H groups in total. The number of hydrogen-bond acceptors (Lipinski definition) is 2. The van der Waals surface area contributed by atoms with Crippen LogP contribution in [0.3, 0.4) is 0 Å². The Balaban J connectivity index is 1.62. The minimum Gasteiger partial charge on any atom is -0.347 e. The Kier molecular flexibility index (Phi) is 5.01. The van der Waals surface area contributed by atoms with Crippen molar-refractivity contribution in [3.8, 4) is 0 Å². The number of amides is 1. The maximum atomic E-state index is 13.4. The van der Waals surface area contributed by atoms with Crippen LogP contribution in [0.5, 0.6) is 0 Å². The Morgan fingerprint density at radius 3 is 2.57 bits per heavy atom. The number of rotatable bonds is 5. The van der Waals surface area contributed by atoms with Crippen LogP contribution in [0.15, 0.2) is 60.7 Å². The Morgan fingerprint density at radius 1 is 1.04 bits per heavy atom. The normalized spacial score (nSPS) is 11.1. The molecule has 0 bridgehead atoms. The smallest absolute Gasteiger partial charge is 0.268 e. The van der Waals surface area contributed by atoms with Crippen LogP contribution in [-0.4, -0.2) is 10.5 Å². The summed E-state index contributed by atoms with van der Waals surface area (Å²) in [6.45, 7) is 5.05. The van der Waals surface area contributed by atoms with Gasteiger partial charge in [0.05, 0.1) is 10.2 Å². The molecule has 0 aliphatic carbocycles. The molecule has 3 nitrogen and oxygen atoms in total. The summed E-state index contributed by atoms with van der Waals surface area (Å²) < 4.78 is 16.5. The van der Waals surface area contributed by atoms with Crippen molar-refractivity contribution < 1.29 is 9.18 Å². The molecule has 0 unspecified atom stereocenters. The lowest BCUT2D eigenvalue weighted by molar-refractivity contribution is 0.0942. The zero-order valence-corrected chi connectivity index (χ0v) is 16.6. The summed E-state index contributed by atoms with van der Waals surface area (Å²) in [7, 11) is 0. The van der Waals surface area contributed by atoms with Crippen LogP contribution in [-0.2, 0) is 13.1 Å². The molecule has 0 spiro atoms. The summed E-state index contributed by atoms with van der Waals surface area (Å²) in [5.74, 6) is -0.456. The molecule has 4 aromatic rings. The fourth-order valence-corrected chi connectivity index (χ4v) is 4.28. The number of carbonyl (C=O) groups excluding carboxylic acids is 1. The van der Waals surface area contributed by atoms with E-state index in [1.165, 1.54) is 22.6 Å². The summed E-state index contributed by atoms with van der Waals surface area (Å²) in [6.07, 6.45) is 0. The molecule has 142 valence electrons. The summed E-state index contributed by atoms with van der Waals surface area (Å²) in [5.41, 5.74) is 4.78. The minimum atomic E-state index is -0.300. The van der Waals surface area contributed by atoms with E-state index >= 15 is 0 Å². The van der Waals surface area contributed by atoms with E-state index < -0.39 is 0 Å². The van der Waals surface area contributed by atoms with Gasteiger partial charge in [-0.2, -0.15) is 0 Å². The molecule has 4 rings (SSSR count). The largest absolute Gasteiger partial charge is 0.347 e. The highest BCUT2D eigenvalue weighted by Crippen LogP contribution is 2.29. The number of benzene rings is 2. The van der Waals surface area contributed by atoms with Crippen molar-refractivity contribution in [2.24, 2.45) is 0 Å². The molecule has 0 saturated carbocycles. The third-order valence-corrected chi connectivity index (χ3v) is 5.74. The predicted molar refractivity (Wildman–Crippen MR) is 112 cm³/mol. The molecule has 1 amide bonds. The standard InChI is InChI=1S/C23H21FN2OS/c1-15-6-8-17(9-7-15)14-26-20-10-16(2)28-22(20)12-21(26)23(27)25-13-18-4-3-5-19(24)11-18/h3-12H,13-14H2,1-2H3,(H,25,27). The van der Waals surface area contributed by atoms with Gasteiger partial charge < -0.3 is 9.88 Å². The van der Waals surface area contributed by atoms with Gasteiger partial charge in [-0.15, -0.1) is 11.3 Å². The van der Waals surface area contributed by atoms with Crippen molar-refractivity contribution in [1.82, 2.24) is 9.88 Å². The zero-order valence-electron chi connectivity index (χ0n) is 15.8. The number of aryl methyl sites for hydroxylation is 2. The van der Waals surface area contributed by atoms with Crippen molar-refractivity contribution >= 4 is 27.5 Å². The first-order chi connectivity index (χ1) is 13.5. The molecule has 0 radical (unpaired) electrons. The Morgan fingerprint density at radius 2 is 1.82 bits per heavy atom. The topological polar surface area (TPSA) is 34.0 Å². The highest BCUT2D eigenvalue weighted by Gasteiger charge is 2.17. The first kappa shape index (κ1) is 18.4. The third kappa shape index (κ3) is 3.85. The van der Waals surface area contributed by atoms with E-state index in [1.807, 2.05) is 6.07 Å². The van der Waals surface area contributed by atoms with Gasteiger partial charge >= 0.3 is 0 Å². The summed E-state index contributed by atoms with van der Waals surface area (Å²) >= 11 is 1.68. The van der Waals surface area contributed by atoms with Crippen molar-refractivity contribution in [2.75, 3.05) is 0 Å². The number of fused-ring (bicyclic) bond motifs is 1. The van der Waals surface area contributed by atoms with Gasteiger partial charge in [0, 0.05) is 18.0 Å². The lowest BCUT2D eigenvalue weighted by Crippen LogP contribution is -2.25. The van der Waals surface area contributed by atoms with E-state index in [9.17, 15) is 9.18 Å². The van der Waals surface area contributed by atoms with Gasteiger partial charge in [-0.25, -0.2) is 4.39 Å². The van der Waals surface area contributed by atoms with Gasteiger partial charge in [-0.05, 0) is 49.2 Å². The van der Waals surface area contributed by atoms with E-state index in [-0.39, 0.29) is 11.7 Å². The number of nitrogens with zero attached hydrogens (tertiary/aromatic N) is 1. The molecule has 2 aromatic carbocycles. The van der Waals surface area contributed by atoms with Gasteiger partial charge in [0.1, 0.15) is 11.5 Å². The van der Waals surface area contributed by atoms with E-state index in [4.69, 9.17) is 0 Å². The molecular weight excluding hydrogens is 371 g/mol. The molecule has 2 heterocycles. The Labute approximate surface area is 167 Å². The van der Waals surface area contributed by atoms with Gasteiger partial charge in [0.15, 0.2) is 0 Å². The summed E-state index contributed by atoms with van der Waals surface area (Å²) in [4.78, 5) is 14.1. The second kappa shape index (κ2) is 7.60. The lowest BCUT2D eigenvalue weighted by Gasteiger charge is -2.11. The van der Waals surface area contributed by atoms with Crippen LogP contribution in [0.4, 0.5) is 4.39 Å². The molecule has 5 heteroatoms.